The third-order valence-corrected chi connectivity index (χ3v) is 3.30. The molecule has 1 aromatic carbocycles. The summed E-state index contributed by atoms with van der Waals surface area (Å²) < 4.78 is 5.56. The first kappa shape index (κ1) is 15.1. The fourth-order valence-electron chi connectivity index (χ4n) is 2.15. The summed E-state index contributed by atoms with van der Waals surface area (Å²) in [5, 5.41) is 17.5. The van der Waals surface area contributed by atoms with E-state index >= 15 is 0 Å². The Morgan fingerprint density at radius 2 is 2.24 bits per heavy atom. The Hall–Kier alpha value is -2.28. The summed E-state index contributed by atoms with van der Waals surface area (Å²) in [6.07, 6.45) is 1.86. The van der Waals surface area contributed by atoms with Gasteiger partial charge in [-0.2, -0.15) is 0 Å². The molecule has 1 atom stereocenters. The molecular formula is C14H20N4O3. The summed E-state index contributed by atoms with van der Waals surface area (Å²) in [7, 11) is 0. The van der Waals surface area contributed by atoms with Crippen molar-refractivity contribution in [3.8, 4) is 5.75 Å². The second kappa shape index (κ2) is 7.49. The summed E-state index contributed by atoms with van der Waals surface area (Å²) in [5.41, 5.74) is 6.10. The zero-order valence-corrected chi connectivity index (χ0v) is 11.7. The largest absolute Gasteiger partial charge is 0.492 e. The van der Waals surface area contributed by atoms with E-state index in [-0.39, 0.29) is 17.8 Å². The van der Waals surface area contributed by atoms with Gasteiger partial charge in [0.1, 0.15) is 12.4 Å². The van der Waals surface area contributed by atoms with Gasteiger partial charge in [-0.1, -0.05) is 5.16 Å². The number of piperidine rings is 1. The molecule has 1 saturated heterocycles. The molecule has 1 aliphatic heterocycles. The lowest BCUT2D eigenvalue weighted by Crippen LogP contribution is -2.49. The number of nitrogens with zero attached hydrogens (tertiary/aromatic N) is 1. The minimum atomic E-state index is -0.120. The molecule has 0 aliphatic carbocycles. The highest BCUT2D eigenvalue weighted by atomic mass is 16.5. The molecule has 1 aromatic rings. The molecule has 21 heavy (non-hydrogen) atoms. The van der Waals surface area contributed by atoms with Crippen LogP contribution < -0.4 is 21.1 Å². The number of amides is 1. The molecule has 0 radical (unpaired) electrons. The van der Waals surface area contributed by atoms with Gasteiger partial charge in [0.05, 0.1) is 6.04 Å². The van der Waals surface area contributed by atoms with Gasteiger partial charge in [-0.25, -0.2) is 0 Å². The van der Waals surface area contributed by atoms with Gasteiger partial charge >= 0.3 is 0 Å². The Morgan fingerprint density at radius 1 is 1.48 bits per heavy atom. The summed E-state index contributed by atoms with van der Waals surface area (Å²) in [6, 6.07) is 6.81. The van der Waals surface area contributed by atoms with Gasteiger partial charge in [-0.05, 0) is 37.1 Å². The van der Waals surface area contributed by atoms with E-state index in [0.29, 0.717) is 24.5 Å². The number of nitrogens with one attached hydrogen (secondary N) is 2. The molecule has 0 aromatic heterocycles. The number of hydrogen-bond donors (Lipinski definition) is 4. The van der Waals surface area contributed by atoms with Crippen molar-refractivity contribution in [2.24, 2.45) is 10.9 Å². The van der Waals surface area contributed by atoms with Crippen LogP contribution in [0.4, 0.5) is 0 Å². The van der Waals surface area contributed by atoms with Gasteiger partial charge in [0.15, 0.2) is 5.84 Å². The van der Waals surface area contributed by atoms with Crippen LogP contribution in [0.3, 0.4) is 0 Å². The zero-order chi connectivity index (χ0) is 15.1. The van der Waals surface area contributed by atoms with E-state index in [0.717, 1.165) is 19.4 Å². The molecule has 5 N–H and O–H groups in total. The number of amidine groups is 1. The van der Waals surface area contributed by atoms with Crippen LogP contribution >= 0.6 is 0 Å². The quantitative estimate of drug-likeness (QED) is 0.194. The highest BCUT2D eigenvalue weighted by molar-refractivity contribution is 5.97. The molecule has 1 fully saturated rings. The Morgan fingerprint density at radius 3 is 2.90 bits per heavy atom. The minimum Gasteiger partial charge on any atom is -0.492 e. The molecule has 114 valence electrons. The van der Waals surface area contributed by atoms with Crippen molar-refractivity contribution >= 4 is 11.7 Å². The second-order valence-corrected chi connectivity index (χ2v) is 4.80. The van der Waals surface area contributed by atoms with Crippen molar-refractivity contribution in [1.82, 2.24) is 10.6 Å². The number of benzene rings is 1. The van der Waals surface area contributed by atoms with Crippen LogP contribution in [0.5, 0.6) is 5.75 Å². The van der Waals surface area contributed by atoms with Crippen LogP contribution in [0.2, 0.25) is 0 Å². The molecule has 0 spiro atoms. The first-order valence-corrected chi connectivity index (χ1v) is 6.92. The minimum absolute atomic E-state index is 0.0596. The van der Waals surface area contributed by atoms with Crippen LogP contribution in [0, 0.1) is 0 Å². The molecule has 0 bridgehead atoms. The number of carbonyl (C=O) groups excluding carboxylic acids is 1. The van der Waals surface area contributed by atoms with Crippen molar-refractivity contribution in [2.45, 2.75) is 18.9 Å². The molecule has 7 nitrogen and oxygen atoms in total. The normalized spacial score (nSPS) is 19.1. The number of ether oxygens (including phenoxy) is 1. The van der Waals surface area contributed by atoms with Crippen LogP contribution in [-0.4, -0.2) is 42.7 Å². The van der Waals surface area contributed by atoms with Crippen molar-refractivity contribution in [3.05, 3.63) is 29.8 Å². The van der Waals surface area contributed by atoms with E-state index < -0.39 is 0 Å². The van der Waals surface area contributed by atoms with Crippen molar-refractivity contribution in [1.29, 1.82) is 0 Å². The van der Waals surface area contributed by atoms with Crippen molar-refractivity contribution in [3.63, 3.8) is 0 Å². The average Bonchev–Trinajstić information content (AvgIpc) is 2.53. The maximum atomic E-state index is 11.5. The predicted octanol–water partition coefficient (Wildman–Crippen LogP) is 0.0281. The molecular weight excluding hydrogens is 272 g/mol. The topological polar surface area (TPSA) is 109 Å². The van der Waals surface area contributed by atoms with E-state index in [4.69, 9.17) is 15.7 Å². The molecule has 1 aliphatic rings. The van der Waals surface area contributed by atoms with E-state index in [1.165, 1.54) is 0 Å². The first-order chi connectivity index (χ1) is 10.2. The first-order valence-electron chi connectivity index (χ1n) is 6.92. The highest BCUT2D eigenvalue weighted by Gasteiger charge is 2.20. The fourth-order valence-corrected chi connectivity index (χ4v) is 2.15. The van der Waals surface area contributed by atoms with Gasteiger partial charge in [0.25, 0.3) is 0 Å². The Bertz CT molecular complexity index is 501. The summed E-state index contributed by atoms with van der Waals surface area (Å²) in [6.45, 7) is 1.83. The monoisotopic (exact) mass is 292 g/mol. The molecule has 1 heterocycles. The molecule has 1 amide bonds. The zero-order valence-electron chi connectivity index (χ0n) is 11.7. The van der Waals surface area contributed by atoms with E-state index in [1.807, 2.05) is 0 Å². The lowest BCUT2D eigenvalue weighted by atomic mass is 10.1. The number of hydrogen-bond acceptors (Lipinski definition) is 5. The summed E-state index contributed by atoms with van der Waals surface area (Å²) in [4.78, 5) is 11.5. The standard InChI is InChI=1S/C14H20N4O3/c15-13(18-20)10-3-5-11(6-4-10)21-9-8-16-12-2-1-7-17-14(12)19/h3-6,12,16,20H,1-2,7-9H2,(H2,15,18)(H,17,19). The van der Waals surface area contributed by atoms with Gasteiger partial charge in [-0.3, -0.25) is 4.79 Å². The molecule has 7 heteroatoms. The molecule has 2 rings (SSSR count). The smallest absolute Gasteiger partial charge is 0.237 e. The second-order valence-electron chi connectivity index (χ2n) is 4.80. The third-order valence-electron chi connectivity index (χ3n) is 3.30. The van der Waals surface area contributed by atoms with E-state index in [1.54, 1.807) is 24.3 Å². The van der Waals surface area contributed by atoms with Crippen molar-refractivity contribution in [2.75, 3.05) is 19.7 Å². The van der Waals surface area contributed by atoms with E-state index in [9.17, 15) is 4.79 Å². The lowest BCUT2D eigenvalue weighted by Gasteiger charge is -2.22. The Labute approximate surface area is 123 Å². The Balaban J connectivity index is 1.72. The SMILES string of the molecule is NC(=NO)c1ccc(OCCNC2CCCNC2=O)cc1. The van der Waals surface area contributed by atoms with Crippen LogP contribution in [0.15, 0.2) is 29.4 Å². The summed E-state index contributed by atoms with van der Waals surface area (Å²) >= 11 is 0. The fraction of sp³-hybridized carbons (Fsp3) is 0.429. The highest BCUT2D eigenvalue weighted by Crippen LogP contribution is 2.11. The van der Waals surface area contributed by atoms with Gasteiger partial charge in [-0.15, -0.1) is 0 Å². The predicted molar refractivity (Wildman–Crippen MR) is 78.5 cm³/mol. The number of nitrogens with two attached hydrogens (primary N) is 1. The summed E-state index contributed by atoms with van der Waals surface area (Å²) in [5.74, 6) is 0.815. The van der Waals surface area contributed by atoms with Crippen LogP contribution in [0.1, 0.15) is 18.4 Å². The lowest BCUT2D eigenvalue weighted by molar-refractivity contribution is -0.124. The number of carbonyl (C=O) groups is 1. The van der Waals surface area contributed by atoms with E-state index in [2.05, 4.69) is 15.8 Å². The Kier molecular flexibility index (Phi) is 5.39. The average molecular weight is 292 g/mol. The van der Waals surface area contributed by atoms with Crippen LogP contribution in [0.25, 0.3) is 0 Å². The maximum Gasteiger partial charge on any atom is 0.237 e. The molecule has 1 unspecified atom stereocenters. The van der Waals surface area contributed by atoms with Crippen LogP contribution in [-0.2, 0) is 4.79 Å². The third kappa shape index (κ3) is 4.35. The van der Waals surface area contributed by atoms with Gasteiger partial charge < -0.3 is 26.3 Å². The molecule has 0 saturated carbocycles. The number of rotatable bonds is 6. The maximum absolute atomic E-state index is 11.5. The van der Waals surface area contributed by atoms with Gasteiger partial charge in [0.2, 0.25) is 5.91 Å². The van der Waals surface area contributed by atoms with Gasteiger partial charge in [0, 0.05) is 18.7 Å². The van der Waals surface area contributed by atoms with Crippen molar-refractivity contribution < 1.29 is 14.7 Å². The number of oxime groups is 1.